The molecule has 0 amide bonds. The lowest BCUT2D eigenvalue weighted by atomic mass is 10.1. The van der Waals surface area contributed by atoms with Crippen LogP contribution in [0.3, 0.4) is 0 Å². The highest BCUT2D eigenvalue weighted by atomic mass is 79.9. The van der Waals surface area contributed by atoms with Crippen molar-refractivity contribution < 1.29 is 4.74 Å². The highest BCUT2D eigenvalue weighted by Crippen LogP contribution is 2.25. The molecule has 7 heteroatoms. The van der Waals surface area contributed by atoms with Crippen LogP contribution in [0.15, 0.2) is 35.1 Å². The summed E-state index contributed by atoms with van der Waals surface area (Å²) in [5.74, 6) is 0.350. The van der Waals surface area contributed by atoms with Crippen molar-refractivity contribution in [3.63, 3.8) is 0 Å². The summed E-state index contributed by atoms with van der Waals surface area (Å²) in [5.41, 5.74) is 8.69. The number of benzene rings is 1. The molecule has 0 aliphatic rings. The van der Waals surface area contributed by atoms with Gasteiger partial charge in [-0.1, -0.05) is 50.1 Å². The first-order valence-corrected chi connectivity index (χ1v) is 9.84. The van der Waals surface area contributed by atoms with E-state index >= 15 is 0 Å². The van der Waals surface area contributed by atoms with E-state index in [0.717, 1.165) is 49.0 Å². The molecule has 3 aromatic rings. The lowest BCUT2D eigenvalue weighted by molar-refractivity contribution is 0.288. The van der Waals surface area contributed by atoms with E-state index in [1.807, 2.05) is 22.8 Å². The molecule has 0 saturated carbocycles. The quantitative estimate of drug-likeness (QED) is 0.412. The number of halogens is 1. The molecule has 0 radical (unpaired) electrons. The molecule has 6 nitrogen and oxygen atoms in total. The number of nitrogens with two attached hydrogens (primary N) is 1. The van der Waals surface area contributed by atoms with Crippen LogP contribution in [-0.2, 0) is 13.0 Å². The number of nitrogens with zero attached hydrogens (tertiary/aromatic N) is 4. The fourth-order valence-electron chi connectivity index (χ4n) is 2.84. The van der Waals surface area contributed by atoms with E-state index in [-0.39, 0.29) is 0 Å². The number of unbranched alkanes of at least 4 members (excludes halogenated alkanes) is 2. The summed E-state index contributed by atoms with van der Waals surface area (Å²) in [6.07, 6.45) is 5.24. The fourth-order valence-corrected chi connectivity index (χ4v) is 3.36. The van der Waals surface area contributed by atoms with E-state index < -0.39 is 0 Å². The summed E-state index contributed by atoms with van der Waals surface area (Å²) in [6.45, 7) is 3.57. The van der Waals surface area contributed by atoms with Gasteiger partial charge in [0.15, 0.2) is 21.7 Å². The minimum atomic E-state index is 0.312. The van der Waals surface area contributed by atoms with Gasteiger partial charge in [0, 0.05) is 6.54 Å². The van der Waals surface area contributed by atoms with Crippen LogP contribution in [0, 0.1) is 0 Å². The Kier molecular flexibility index (Phi) is 6.44. The average molecular weight is 418 g/mol. The van der Waals surface area contributed by atoms with Gasteiger partial charge in [0.05, 0.1) is 6.61 Å². The SMILES string of the molecule is CCCCCn1c(Br)nc2c(N)nc(OCCCc3ccccc3)nc21. The molecule has 1 aromatic carbocycles. The van der Waals surface area contributed by atoms with Crippen LogP contribution in [0.25, 0.3) is 11.2 Å². The molecule has 0 bridgehead atoms. The first-order chi connectivity index (χ1) is 12.7. The van der Waals surface area contributed by atoms with Crippen LogP contribution in [-0.4, -0.2) is 26.1 Å². The Bertz CT molecular complexity index is 850. The standard InChI is InChI=1S/C19H24BrN5O/c1-2-3-7-12-25-17-15(22-18(25)20)16(21)23-19(24-17)26-13-8-11-14-9-5-4-6-10-14/h4-6,9-10H,2-3,7-8,11-13H2,1H3,(H2,21,23,24). The second kappa shape index (κ2) is 8.98. The summed E-state index contributed by atoms with van der Waals surface area (Å²) >= 11 is 3.50. The van der Waals surface area contributed by atoms with Crippen LogP contribution < -0.4 is 10.5 Å². The van der Waals surface area contributed by atoms with Crippen molar-refractivity contribution in [3.8, 4) is 6.01 Å². The Hall–Kier alpha value is -2.15. The van der Waals surface area contributed by atoms with Crippen molar-refractivity contribution >= 4 is 32.9 Å². The van der Waals surface area contributed by atoms with Crippen molar-refractivity contribution in [2.24, 2.45) is 0 Å². The van der Waals surface area contributed by atoms with Crippen LogP contribution in [0.4, 0.5) is 5.82 Å². The van der Waals surface area contributed by atoms with Crippen LogP contribution in [0.2, 0.25) is 0 Å². The third kappa shape index (κ3) is 4.52. The summed E-state index contributed by atoms with van der Waals surface area (Å²) < 4.78 is 8.50. The van der Waals surface area contributed by atoms with E-state index in [2.05, 4.69) is 49.9 Å². The maximum Gasteiger partial charge on any atom is 0.320 e. The number of fused-ring (bicyclic) bond motifs is 1. The average Bonchev–Trinajstić information content (AvgIpc) is 2.96. The first kappa shape index (κ1) is 18.6. The largest absolute Gasteiger partial charge is 0.463 e. The molecule has 0 unspecified atom stereocenters. The smallest absolute Gasteiger partial charge is 0.320 e. The van der Waals surface area contributed by atoms with Crippen LogP contribution in [0.5, 0.6) is 6.01 Å². The Morgan fingerprint density at radius 2 is 1.88 bits per heavy atom. The second-order valence-electron chi connectivity index (χ2n) is 6.24. The topological polar surface area (TPSA) is 78.9 Å². The Balaban J connectivity index is 1.67. The number of rotatable bonds is 9. The molecule has 0 fully saturated rings. The van der Waals surface area contributed by atoms with E-state index in [4.69, 9.17) is 10.5 Å². The zero-order valence-corrected chi connectivity index (χ0v) is 16.6. The Morgan fingerprint density at radius 1 is 1.08 bits per heavy atom. The van der Waals surface area contributed by atoms with Crippen molar-refractivity contribution in [2.75, 3.05) is 12.3 Å². The van der Waals surface area contributed by atoms with Gasteiger partial charge in [-0.25, -0.2) is 4.98 Å². The lowest BCUT2D eigenvalue weighted by Gasteiger charge is -2.08. The number of aryl methyl sites for hydroxylation is 2. The minimum absolute atomic E-state index is 0.312. The van der Waals surface area contributed by atoms with E-state index in [9.17, 15) is 0 Å². The normalized spacial score (nSPS) is 11.2. The molecule has 2 aromatic heterocycles. The number of hydrogen-bond donors (Lipinski definition) is 1. The molecular formula is C19H24BrN5O. The van der Waals surface area contributed by atoms with E-state index in [1.54, 1.807) is 0 Å². The van der Waals surface area contributed by atoms with Gasteiger partial charge in [-0.05, 0) is 40.8 Å². The van der Waals surface area contributed by atoms with Crippen LogP contribution >= 0.6 is 15.9 Å². The fraction of sp³-hybridized carbons (Fsp3) is 0.421. The summed E-state index contributed by atoms with van der Waals surface area (Å²) in [4.78, 5) is 13.2. The highest BCUT2D eigenvalue weighted by molar-refractivity contribution is 9.10. The van der Waals surface area contributed by atoms with Gasteiger partial charge in [-0.15, -0.1) is 0 Å². The zero-order valence-electron chi connectivity index (χ0n) is 15.0. The molecule has 138 valence electrons. The maximum absolute atomic E-state index is 6.06. The van der Waals surface area contributed by atoms with E-state index in [1.165, 1.54) is 5.56 Å². The third-order valence-corrected chi connectivity index (χ3v) is 4.83. The van der Waals surface area contributed by atoms with Gasteiger partial charge < -0.3 is 15.0 Å². The zero-order chi connectivity index (χ0) is 18.4. The van der Waals surface area contributed by atoms with Gasteiger partial charge in [-0.2, -0.15) is 9.97 Å². The Morgan fingerprint density at radius 3 is 2.65 bits per heavy atom. The Labute approximate surface area is 161 Å². The second-order valence-corrected chi connectivity index (χ2v) is 6.95. The van der Waals surface area contributed by atoms with Gasteiger partial charge in [0.2, 0.25) is 0 Å². The summed E-state index contributed by atoms with van der Waals surface area (Å²) in [7, 11) is 0. The van der Waals surface area contributed by atoms with Crippen molar-refractivity contribution in [2.45, 2.75) is 45.6 Å². The van der Waals surface area contributed by atoms with Gasteiger partial charge in [0.25, 0.3) is 0 Å². The molecule has 2 heterocycles. The highest BCUT2D eigenvalue weighted by Gasteiger charge is 2.15. The van der Waals surface area contributed by atoms with E-state index in [0.29, 0.717) is 24.0 Å². The first-order valence-electron chi connectivity index (χ1n) is 9.05. The van der Waals surface area contributed by atoms with Gasteiger partial charge in [0.1, 0.15) is 0 Å². The molecule has 0 aliphatic heterocycles. The molecule has 0 aliphatic carbocycles. The van der Waals surface area contributed by atoms with Gasteiger partial charge in [-0.3, -0.25) is 0 Å². The van der Waals surface area contributed by atoms with Crippen molar-refractivity contribution in [1.29, 1.82) is 0 Å². The minimum Gasteiger partial charge on any atom is -0.463 e. The number of anilines is 1. The molecule has 0 atom stereocenters. The molecule has 0 spiro atoms. The number of hydrogen-bond acceptors (Lipinski definition) is 5. The molecule has 3 rings (SSSR count). The van der Waals surface area contributed by atoms with Crippen LogP contribution in [0.1, 0.15) is 38.2 Å². The maximum atomic E-state index is 6.06. The van der Waals surface area contributed by atoms with Crippen molar-refractivity contribution in [3.05, 3.63) is 40.6 Å². The molecule has 0 saturated heterocycles. The predicted octanol–water partition coefficient (Wildman–Crippen LogP) is 4.37. The van der Waals surface area contributed by atoms with Crippen molar-refractivity contribution in [1.82, 2.24) is 19.5 Å². The number of imidazole rings is 1. The predicted molar refractivity (Wildman–Crippen MR) is 107 cm³/mol. The number of aromatic nitrogens is 4. The number of nitrogen functional groups attached to an aromatic ring is 1. The lowest BCUT2D eigenvalue weighted by Crippen LogP contribution is -2.06. The monoisotopic (exact) mass is 417 g/mol. The van der Waals surface area contributed by atoms with Gasteiger partial charge >= 0.3 is 6.01 Å². The molecule has 26 heavy (non-hydrogen) atoms. The third-order valence-electron chi connectivity index (χ3n) is 4.22. The summed E-state index contributed by atoms with van der Waals surface area (Å²) in [5, 5.41) is 0. The summed E-state index contributed by atoms with van der Waals surface area (Å²) in [6, 6.07) is 10.7. The number of ether oxygens (including phenoxy) is 1. The molecular weight excluding hydrogens is 394 g/mol. The molecule has 2 N–H and O–H groups in total.